The summed E-state index contributed by atoms with van der Waals surface area (Å²) in [4.78, 5) is 26.6. The molecule has 2 aromatic carbocycles. The van der Waals surface area contributed by atoms with Crippen LogP contribution in [0.4, 0.5) is 10.5 Å². The fourth-order valence-corrected chi connectivity index (χ4v) is 4.40. The first-order valence-corrected chi connectivity index (χ1v) is 11.1. The number of ether oxygens (including phenoxy) is 1. The van der Waals surface area contributed by atoms with Gasteiger partial charge in [-0.15, -0.1) is 0 Å². The van der Waals surface area contributed by atoms with Crippen LogP contribution in [0.1, 0.15) is 51.2 Å². The molecule has 0 saturated carbocycles. The van der Waals surface area contributed by atoms with Gasteiger partial charge < -0.3 is 10.1 Å². The van der Waals surface area contributed by atoms with Gasteiger partial charge >= 0.3 is 6.09 Å². The van der Waals surface area contributed by atoms with E-state index in [2.05, 4.69) is 28.4 Å². The number of anilines is 1. The van der Waals surface area contributed by atoms with Crippen LogP contribution in [0.25, 0.3) is 10.9 Å². The van der Waals surface area contributed by atoms with Crippen molar-refractivity contribution < 1.29 is 14.3 Å². The van der Waals surface area contributed by atoms with Crippen molar-refractivity contribution in [2.75, 3.05) is 18.4 Å². The minimum absolute atomic E-state index is 0.0587. The predicted octanol–water partition coefficient (Wildman–Crippen LogP) is 5.37. The van der Waals surface area contributed by atoms with Gasteiger partial charge in [-0.1, -0.05) is 30.3 Å². The second-order valence-electron chi connectivity index (χ2n) is 9.55. The Labute approximate surface area is 189 Å². The highest BCUT2D eigenvalue weighted by molar-refractivity contribution is 5.92. The lowest BCUT2D eigenvalue weighted by Crippen LogP contribution is -2.26. The summed E-state index contributed by atoms with van der Waals surface area (Å²) in [5.41, 5.74) is 3.54. The zero-order chi connectivity index (χ0) is 22.9. The van der Waals surface area contributed by atoms with E-state index in [1.165, 1.54) is 12.5 Å². The molecular formula is C26H31N3O3. The van der Waals surface area contributed by atoms with Crippen molar-refractivity contribution in [2.24, 2.45) is 0 Å². The summed E-state index contributed by atoms with van der Waals surface area (Å²) < 4.78 is 7.23. The van der Waals surface area contributed by atoms with Crippen molar-refractivity contribution in [3.8, 4) is 0 Å². The Hall–Kier alpha value is -3.12. The van der Waals surface area contributed by atoms with E-state index in [-0.39, 0.29) is 12.0 Å². The van der Waals surface area contributed by atoms with Crippen LogP contribution in [-0.4, -0.2) is 40.2 Å². The lowest BCUT2D eigenvalue weighted by molar-refractivity contribution is -0.114. The lowest BCUT2D eigenvalue weighted by Gasteiger charge is -2.19. The quantitative estimate of drug-likeness (QED) is 0.601. The zero-order valence-corrected chi connectivity index (χ0v) is 19.2. The molecule has 1 aromatic heterocycles. The predicted molar refractivity (Wildman–Crippen MR) is 127 cm³/mol. The normalized spacial score (nSPS) is 16.9. The van der Waals surface area contributed by atoms with Crippen LogP contribution in [0.2, 0.25) is 0 Å². The van der Waals surface area contributed by atoms with Gasteiger partial charge in [-0.25, -0.2) is 4.79 Å². The number of nitrogens with one attached hydrogen (secondary N) is 1. The Morgan fingerprint density at radius 2 is 1.91 bits per heavy atom. The highest BCUT2D eigenvalue weighted by Crippen LogP contribution is 2.31. The number of fused-ring (bicyclic) bond motifs is 1. The first kappa shape index (κ1) is 22.1. The summed E-state index contributed by atoms with van der Waals surface area (Å²) >= 11 is 0. The SMILES string of the molecule is CC(=O)Nc1cccc(C2CCN(Cc3cn(C(=O)OC(C)(C)C)c4ccccc34)C2)c1. The molecule has 1 aliphatic rings. The highest BCUT2D eigenvalue weighted by atomic mass is 16.6. The zero-order valence-electron chi connectivity index (χ0n) is 19.2. The van der Waals surface area contributed by atoms with Crippen molar-refractivity contribution in [3.63, 3.8) is 0 Å². The molecule has 3 aromatic rings. The van der Waals surface area contributed by atoms with E-state index in [0.717, 1.165) is 48.2 Å². The van der Waals surface area contributed by atoms with Gasteiger partial charge in [0.25, 0.3) is 0 Å². The Bertz CT molecular complexity index is 1140. The molecule has 1 atom stereocenters. The molecule has 6 heteroatoms. The molecule has 32 heavy (non-hydrogen) atoms. The molecular weight excluding hydrogens is 402 g/mol. The number of nitrogens with zero attached hydrogens (tertiary/aromatic N) is 2. The van der Waals surface area contributed by atoms with E-state index in [1.807, 2.05) is 57.3 Å². The average molecular weight is 434 g/mol. The van der Waals surface area contributed by atoms with Gasteiger partial charge in [0.05, 0.1) is 5.52 Å². The third-order valence-electron chi connectivity index (χ3n) is 5.73. The maximum absolute atomic E-state index is 12.8. The van der Waals surface area contributed by atoms with Gasteiger partial charge in [0.2, 0.25) is 5.91 Å². The summed E-state index contributed by atoms with van der Waals surface area (Å²) in [6, 6.07) is 16.1. The maximum Gasteiger partial charge on any atom is 0.419 e. The summed E-state index contributed by atoms with van der Waals surface area (Å²) in [5.74, 6) is 0.361. The van der Waals surface area contributed by atoms with Gasteiger partial charge in [-0.3, -0.25) is 14.3 Å². The Kier molecular flexibility index (Phi) is 6.07. The molecule has 168 valence electrons. The summed E-state index contributed by atoms with van der Waals surface area (Å²) in [6.45, 7) is 9.86. The maximum atomic E-state index is 12.8. The smallest absolute Gasteiger partial charge is 0.419 e. The molecule has 4 rings (SSSR count). The largest absolute Gasteiger partial charge is 0.443 e. The number of carbonyl (C=O) groups excluding carboxylic acids is 2. The molecule has 1 aliphatic heterocycles. The number of likely N-dealkylation sites (tertiary alicyclic amines) is 1. The van der Waals surface area contributed by atoms with Crippen LogP contribution < -0.4 is 5.32 Å². The first-order chi connectivity index (χ1) is 15.2. The fraction of sp³-hybridized carbons (Fsp3) is 0.385. The Morgan fingerprint density at radius 1 is 1.12 bits per heavy atom. The summed E-state index contributed by atoms with van der Waals surface area (Å²) in [7, 11) is 0. The van der Waals surface area contributed by atoms with Gasteiger partial charge in [0.1, 0.15) is 5.60 Å². The molecule has 2 heterocycles. The number of benzene rings is 2. The van der Waals surface area contributed by atoms with Crippen LogP contribution in [-0.2, 0) is 16.1 Å². The monoisotopic (exact) mass is 433 g/mol. The molecule has 1 saturated heterocycles. The van der Waals surface area contributed by atoms with Gasteiger partial charge in [0.15, 0.2) is 0 Å². The van der Waals surface area contributed by atoms with E-state index in [9.17, 15) is 9.59 Å². The van der Waals surface area contributed by atoms with Gasteiger partial charge in [0, 0.05) is 37.3 Å². The molecule has 0 aliphatic carbocycles. The molecule has 0 spiro atoms. The molecule has 1 N–H and O–H groups in total. The number of amides is 1. The van der Waals surface area contributed by atoms with E-state index < -0.39 is 5.60 Å². The third-order valence-corrected chi connectivity index (χ3v) is 5.73. The number of hydrogen-bond acceptors (Lipinski definition) is 4. The van der Waals surface area contributed by atoms with E-state index in [0.29, 0.717) is 5.92 Å². The summed E-state index contributed by atoms with van der Waals surface area (Å²) in [6.07, 6.45) is 2.63. The molecule has 6 nitrogen and oxygen atoms in total. The number of hydrogen-bond donors (Lipinski definition) is 1. The van der Waals surface area contributed by atoms with Crippen molar-refractivity contribution in [3.05, 3.63) is 65.9 Å². The molecule has 1 unspecified atom stereocenters. The fourth-order valence-electron chi connectivity index (χ4n) is 4.40. The van der Waals surface area contributed by atoms with Crippen LogP contribution in [0.5, 0.6) is 0 Å². The topological polar surface area (TPSA) is 63.6 Å². The van der Waals surface area contributed by atoms with Crippen LogP contribution in [0, 0.1) is 0 Å². The van der Waals surface area contributed by atoms with Gasteiger partial charge in [-0.05, 0) is 69.0 Å². The van der Waals surface area contributed by atoms with E-state index in [1.54, 1.807) is 4.57 Å². The molecule has 0 radical (unpaired) electrons. The van der Waals surface area contributed by atoms with Crippen molar-refractivity contribution in [2.45, 2.75) is 52.2 Å². The molecule has 1 fully saturated rings. The standard InChI is InChI=1S/C26H31N3O3/c1-18(30)27-22-9-7-8-19(14-22)20-12-13-28(15-20)16-21-17-29(25(31)32-26(2,3)4)24-11-6-5-10-23(21)24/h5-11,14,17,20H,12-13,15-16H2,1-4H3,(H,27,30). The number of rotatable bonds is 4. The second-order valence-corrected chi connectivity index (χ2v) is 9.55. The summed E-state index contributed by atoms with van der Waals surface area (Å²) in [5, 5.41) is 3.95. The lowest BCUT2D eigenvalue weighted by atomic mass is 9.98. The third kappa shape index (κ3) is 5.02. The Morgan fingerprint density at radius 3 is 2.66 bits per heavy atom. The van der Waals surface area contributed by atoms with Crippen LogP contribution >= 0.6 is 0 Å². The second kappa shape index (κ2) is 8.79. The first-order valence-electron chi connectivity index (χ1n) is 11.1. The number of carbonyl (C=O) groups is 2. The minimum atomic E-state index is -0.545. The van der Waals surface area contributed by atoms with Crippen molar-refractivity contribution >= 4 is 28.6 Å². The van der Waals surface area contributed by atoms with E-state index in [4.69, 9.17) is 4.74 Å². The van der Waals surface area contributed by atoms with Crippen LogP contribution in [0.15, 0.2) is 54.7 Å². The number of aromatic nitrogens is 1. The van der Waals surface area contributed by atoms with E-state index >= 15 is 0 Å². The van der Waals surface area contributed by atoms with Crippen LogP contribution in [0.3, 0.4) is 0 Å². The minimum Gasteiger partial charge on any atom is -0.443 e. The highest BCUT2D eigenvalue weighted by Gasteiger charge is 2.26. The van der Waals surface area contributed by atoms with Crippen molar-refractivity contribution in [1.29, 1.82) is 0 Å². The average Bonchev–Trinajstić information content (AvgIpc) is 3.32. The van der Waals surface area contributed by atoms with Crippen molar-refractivity contribution in [1.82, 2.24) is 9.47 Å². The molecule has 0 bridgehead atoms. The molecule has 1 amide bonds. The van der Waals surface area contributed by atoms with Gasteiger partial charge in [-0.2, -0.15) is 0 Å². The number of para-hydroxylation sites is 1. The Balaban J connectivity index is 1.51.